The van der Waals surface area contributed by atoms with E-state index in [9.17, 15) is 0 Å². The summed E-state index contributed by atoms with van der Waals surface area (Å²) in [6, 6.07) is 0.320. The van der Waals surface area contributed by atoms with Gasteiger partial charge in [-0.3, -0.25) is 0 Å². The highest BCUT2D eigenvalue weighted by Gasteiger charge is 2.25. The molecule has 0 aromatic carbocycles. The molecule has 2 N–H and O–H groups in total. The number of hydrogen-bond acceptors (Lipinski definition) is 3. The van der Waals surface area contributed by atoms with Gasteiger partial charge in [-0.05, 0) is 26.4 Å². The SMILES string of the molecule is CN1CCC(c2cn3c(n2)CCC(N)C3)C1. The largest absolute Gasteiger partial charge is 0.333 e. The van der Waals surface area contributed by atoms with Crippen LogP contribution in [0, 0.1) is 0 Å². The van der Waals surface area contributed by atoms with Gasteiger partial charge in [-0.1, -0.05) is 0 Å². The fraction of sp³-hybridized carbons (Fsp3) is 0.750. The molecule has 0 spiro atoms. The van der Waals surface area contributed by atoms with Gasteiger partial charge in [0.25, 0.3) is 0 Å². The van der Waals surface area contributed by atoms with E-state index >= 15 is 0 Å². The average Bonchev–Trinajstić information content (AvgIpc) is 2.83. The summed E-state index contributed by atoms with van der Waals surface area (Å²) < 4.78 is 2.27. The lowest BCUT2D eigenvalue weighted by atomic mass is 10.1. The van der Waals surface area contributed by atoms with Crippen LogP contribution in [0.15, 0.2) is 6.20 Å². The van der Waals surface area contributed by atoms with Gasteiger partial charge in [0.15, 0.2) is 0 Å². The van der Waals surface area contributed by atoms with Crippen LogP contribution < -0.4 is 5.73 Å². The Labute approximate surface area is 96.4 Å². The van der Waals surface area contributed by atoms with Gasteiger partial charge in [0, 0.05) is 37.7 Å². The lowest BCUT2D eigenvalue weighted by Gasteiger charge is -2.19. The van der Waals surface area contributed by atoms with Crippen LogP contribution in [-0.4, -0.2) is 40.6 Å². The van der Waals surface area contributed by atoms with Gasteiger partial charge in [-0.25, -0.2) is 4.98 Å². The van der Waals surface area contributed by atoms with Crippen molar-refractivity contribution in [3.8, 4) is 0 Å². The Hall–Kier alpha value is -0.870. The van der Waals surface area contributed by atoms with E-state index in [4.69, 9.17) is 10.7 Å². The Morgan fingerprint density at radius 1 is 1.38 bits per heavy atom. The lowest BCUT2D eigenvalue weighted by Crippen LogP contribution is -2.31. The van der Waals surface area contributed by atoms with Crippen LogP contribution in [0.1, 0.15) is 30.3 Å². The molecule has 1 aromatic heterocycles. The summed E-state index contributed by atoms with van der Waals surface area (Å²) in [6.45, 7) is 3.31. The number of likely N-dealkylation sites (tertiary alicyclic amines) is 1. The third-order valence-corrected chi connectivity index (χ3v) is 3.86. The molecule has 0 bridgehead atoms. The summed E-state index contributed by atoms with van der Waals surface area (Å²) in [5.41, 5.74) is 7.26. The fourth-order valence-corrected chi connectivity index (χ4v) is 2.87. The first-order valence-corrected chi connectivity index (χ1v) is 6.22. The number of nitrogens with two attached hydrogens (primary N) is 1. The predicted octanol–water partition coefficient (Wildman–Crippen LogP) is 0.576. The molecule has 16 heavy (non-hydrogen) atoms. The molecule has 0 radical (unpaired) electrons. The topological polar surface area (TPSA) is 47.1 Å². The molecule has 2 aliphatic rings. The van der Waals surface area contributed by atoms with E-state index in [1.165, 1.54) is 24.5 Å². The minimum atomic E-state index is 0.320. The lowest BCUT2D eigenvalue weighted by molar-refractivity contribution is 0.411. The maximum atomic E-state index is 5.98. The van der Waals surface area contributed by atoms with Gasteiger partial charge in [0.2, 0.25) is 0 Å². The highest BCUT2D eigenvalue weighted by Crippen LogP contribution is 2.27. The van der Waals surface area contributed by atoms with Crippen molar-refractivity contribution in [1.29, 1.82) is 0 Å². The van der Waals surface area contributed by atoms with E-state index < -0.39 is 0 Å². The van der Waals surface area contributed by atoms with Gasteiger partial charge in [0.1, 0.15) is 5.82 Å². The molecule has 0 amide bonds. The summed E-state index contributed by atoms with van der Waals surface area (Å²) in [7, 11) is 2.19. The third kappa shape index (κ3) is 1.76. The van der Waals surface area contributed by atoms with Crippen molar-refractivity contribution in [3.63, 3.8) is 0 Å². The van der Waals surface area contributed by atoms with Crippen LogP contribution in [0.5, 0.6) is 0 Å². The zero-order valence-corrected chi connectivity index (χ0v) is 9.89. The van der Waals surface area contributed by atoms with Gasteiger partial charge >= 0.3 is 0 Å². The minimum Gasteiger partial charge on any atom is -0.333 e. The summed E-state index contributed by atoms with van der Waals surface area (Å²) in [4.78, 5) is 7.17. The van der Waals surface area contributed by atoms with E-state index in [1.54, 1.807) is 0 Å². The van der Waals surface area contributed by atoms with Crippen molar-refractivity contribution in [1.82, 2.24) is 14.5 Å². The summed E-state index contributed by atoms with van der Waals surface area (Å²) in [5, 5.41) is 0. The molecule has 1 saturated heterocycles. The normalized spacial score (nSPS) is 30.6. The second-order valence-electron chi connectivity index (χ2n) is 5.28. The summed E-state index contributed by atoms with van der Waals surface area (Å²) in [6.07, 6.45) is 5.61. The van der Waals surface area contributed by atoms with Crippen LogP contribution in [0.4, 0.5) is 0 Å². The Balaban J connectivity index is 1.82. The molecule has 1 aromatic rings. The van der Waals surface area contributed by atoms with Gasteiger partial charge in [-0.2, -0.15) is 0 Å². The molecule has 2 aliphatic heterocycles. The Bertz CT molecular complexity index is 384. The number of rotatable bonds is 1. The van der Waals surface area contributed by atoms with Crippen molar-refractivity contribution < 1.29 is 0 Å². The van der Waals surface area contributed by atoms with E-state index in [2.05, 4.69) is 22.7 Å². The van der Waals surface area contributed by atoms with Crippen molar-refractivity contribution in [2.24, 2.45) is 5.73 Å². The van der Waals surface area contributed by atoms with E-state index in [0.717, 1.165) is 25.9 Å². The Kier molecular flexibility index (Phi) is 2.48. The van der Waals surface area contributed by atoms with Crippen molar-refractivity contribution in [2.75, 3.05) is 20.1 Å². The minimum absolute atomic E-state index is 0.320. The second-order valence-corrected chi connectivity index (χ2v) is 5.28. The van der Waals surface area contributed by atoms with Crippen molar-refractivity contribution in [3.05, 3.63) is 17.7 Å². The second kappa shape index (κ2) is 3.86. The van der Waals surface area contributed by atoms with E-state index in [1.807, 2.05) is 0 Å². The quantitative estimate of drug-likeness (QED) is 0.753. The zero-order valence-electron chi connectivity index (χ0n) is 9.89. The zero-order chi connectivity index (χ0) is 11.1. The predicted molar refractivity (Wildman–Crippen MR) is 63.4 cm³/mol. The van der Waals surface area contributed by atoms with Crippen LogP contribution in [0.3, 0.4) is 0 Å². The first kappa shape index (κ1) is 10.3. The Morgan fingerprint density at radius 3 is 3.00 bits per heavy atom. The van der Waals surface area contributed by atoms with Crippen LogP contribution in [0.2, 0.25) is 0 Å². The molecule has 3 rings (SSSR count). The number of hydrogen-bond donors (Lipinski definition) is 1. The maximum absolute atomic E-state index is 5.98. The first-order valence-electron chi connectivity index (χ1n) is 6.22. The van der Waals surface area contributed by atoms with E-state index in [0.29, 0.717) is 12.0 Å². The number of imidazole rings is 1. The fourth-order valence-electron chi connectivity index (χ4n) is 2.87. The van der Waals surface area contributed by atoms with Crippen LogP contribution >= 0.6 is 0 Å². The summed E-state index contributed by atoms with van der Waals surface area (Å²) in [5.74, 6) is 1.88. The number of likely N-dealkylation sites (N-methyl/N-ethyl adjacent to an activating group) is 1. The highest BCUT2D eigenvalue weighted by atomic mass is 15.1. The van der Waals surface area contributed by atoms with Crippen LogP contribution in [0.25, 0.3) is 0 Å². The molecule has 3 heterocycles. The van der Waals surface area contributed by atoms with E-state index in [-0.39, 0.29) is 0 Å². The monoisotopic (exact) mass is 220 g/mol. The van der Waals surface area contributed by atoms with Crippen molar-refractivity contribution in [2.45, 2.75) is 37.8 Å². The average molecular weight is 220 g/mol. The maximum Gasteiger partial charge on any atom is 0.109 e. The molecule has 4 nitrogen and oxygen atoms in total. The van der Waals surface area contributed by atoms with Crippen LogP contribution in [-0.2, 0) is 13.0 Å². The molecule has 2 atom stereocenters. The summed E-state index contributed by atoms with van der Waals surface area (Å²) >= 11 is 0. The van der Waals surface area contributed by atoms with Gasteiger partial charge < -0.3 is 15.2 Å². The number of fused-ring (bicyclic) bond motifs is 1. The number of aryl methyl sites for hydroxylation is 1. The molecule has 2 unspecified atom stereocenters. The van der Waals surface area contributed by atoms with Gasteiger partial charge in [-0.15, -0.1) is 0 Å². The van der Waals surface area contributed by atoms with Crippen molar-refractivity contribution >= 4 is 0 Å². The standard InChI is InChI=1S/C12H20N4/c1-15-5-4-9(6-15)11-8-16-7-10(13)2-3-12(16)14-11/h8-10H,2-7,13H2,1H3. The molecule has 0 aliphatic carbocycles. The Morgan fingerprint density at radius 2 is 2.25 bits per heavy atom. The molecule has 4 heteroatoms. The smallest absolute Gasteiger partial charge is 0.109 e. The van der Waals surface area contributed by atoms with Gasteiger partial charge in [0.05, 0.1) is 5.69 Å². The molecular weight excluding hydrogens is 200 g/mol. The molecule has 0 saturated carbocycles. The number of nitrogens with zero attached hydrogens (tertiary/aromatic N) is 3. The number of aromatic nitrogens is 2. The third-order valence-electron chi connectivity index (χ3n) is 3.86. The first-order chi connectivity index (χ1) is 7.72. The molecular formula is C12H20N4. The highest BCUT2D eigenvalue weighted by molar-refractivity contribution is 5.14. The molecule has 88 valence electrons. The molecule has 1 fully saturated rings.